The fourth-order valence-corrected chi connectivity index (χ4v) is 2.50. The number of nitrogens with zero attached hydrogens (tertiary/aromatic N) is 4. The maximum Gasteiger partial charge on any atom is 0.265 e. The molecule has 128 valence electrons. The fraction of sp³-hybridized carbons (Fsp3) is 0.467. The third-order valence-electron chi connectivity index (χ3n) is 3.78. The lowest BCUT2D eigenvalue weighted by Gasteiger charge is -2.14. The van der Waals surface area contributed by atoms with E-state index in [0.717, 1.165) is 0 Å². The van der Waals surface area contributed by atoms with E-state index >= 15 is 0 Å². The van der Waals surface area contributed by atoms with Crippen LogP contribution in [0.25, 0.3) is 0 Å². The van der Waals surface area contributed by atoms with Crippen LogP contribution >= 0.6 is 0 Å². The third kappa shape index (κ3) is 3.55. The van der Waals surface area contributed by atoms with Crippen molar-refractivity contribution in [1.29, 1.82) is 0 Å². The lowest BCUT2D eigenvalue weighted by atomic mass is 10.1. The lowest BCUT2D eigenvalue weighted by Crippen LogP contribution is -2.32. The molecule has 0 spiro atoms. The highest BCUT2D eigenvalue weighted by Crippen LogP contribution is 2.20. The minimum Gasteiger partial charge on any atom is -0.467 e. The van der Waals surface area contributed by atoms with E-state index in [1.54, 1.807) is 42.3 Å². The number of amides is 2. The zero-order valence-corrected chi connectivity index (χ0v) is 13.6. The van der Waals surface area contributed by atoms with Crippen molar-refractivity contribution in [3.05, 3.63) is 30.0 Å². The van der Waals surface area contributed by atoms with Crippen LogP contribution in [-0.2, 0) is 22.7 Å². The Kier molecular flexibility index (Phi) is 4.50. The van der Waals surface area contributed by atoms with Gasteiger partial charge in [0.05, 0.1) is 25.3 Å². The number of anilines is 1. The van der Waals surface area contributed by atoms with E-state index < -0.39 is 0 Å². The Morgan fingerprint density at radius 1 is 1.50 bits per heavy atom. The Balaban J connectivity index is 1.51. The topological polar surface area (TPSA) is 105 Å². The highest BCUT2D eigenvalue weighted by Gasteiger charge is 2.34. The first-order chi connectivity index (χ1) is 11.5. The molecular weight excluding hydrogens is 314 g/mol. The van der Waals surface area contributed by atoms with Crippen LogP contribution in [0, 0.1) is 5.92 Å². The SMILES string of the molecule is CN(C)c1noc(CNC(=O)C2CC(=O)N(Cc3ccco3)C2)n1. The summed E-state index contributed by atoms with van der Waals surface area (Å²) >= 11 is 0. The normalized spacial score (nSPS) is 17.3. The van der Waals surface area contributed by atoms with Gasteiger partial charge in [0.15, 0.2) is 0 Å². The van der Waals surface area contributed by atoms with E-state index in [-0.39, 0.29) is 30.7 Å². The molecule has 2 aromatic rings. The van der Waals surface area contributed by atoms with Gasteiger partial charge in [0.1, 0.15) is 5.76 Å². The zero-order chi connectivity index (χ0) is 17.1. The summed E-state index contributed by atoms with van der Waals surface area (Å²) in [6.45, 7) is 0.895. The van der Waals surface area contributed by atoms with Gasteiger partial charge in [-0.05, 0) is 17.3 Å². The molecule has 2 aromatic heterocycles. The van der Waals surface area contributed by atoms with Gasteiger partial charge in [-0.1, -0.05) is 0 Å². The molecule has 1 saturated heterocycles. The second-order valence-electron chi connectivity index (χ2n) is 5.86. The van der Waals surface area contributed by atoms with E-state index in [1.807, 2.05) is 0 Å². The van der Waals surface area contributed by atoms with Crippen LogP contribution in [-0.4, -0.2) is 47.5 Å². The largest absolute Gasteiger partial charge is 0.467 e. The van der Waals surface area contributed by atoms with Crippen molar-refractivity contribution in [2.45, 2.75) is 19.5 Å². The zero-order valence-electron chi connectivity index (χ0n) is 13.6. The molecule has 3 heterocycles. The van der Waals surface area contributed by atoms with Crippen LogP contribution in [0.1, 0.15) is 18.1 Å². The molecular formula is C15H19N5O4. The van der Waals surface area contributed by atoms with Gasteiger partial charge in [0, 0.05) is 27.1 Å². The van der Waals surface area contributed by atoms with Gasteiger partial charge in [-0.25, -0.2) is 0 Å². The molecule has 0 aromatic carbocycles. The molecule has 1 unspecified atom stereocenters. The van der Waals surface area contributed by atoms with Gasteiger partial charge in [0.25, 0.3) is 5.95 Å². The van der Waals surface area contributed by atoms with E-state index in [1.165, 1.54) is 0 Å². The fourth-order valence-electron chi connectivity index (χ4n) is 2.50. The summed E-state index contributed by atoms with van der Waals surface area (Å²) in [5.74, 6) is 0.827. The Hall–Kier alpha value is -2.84. The summed E-state index contributed by atoms with van der Waals surface area (Å²) in [6, 6.07) is 3.57. The number of aromatic nitrogens is 2. The van der Waals surface area contributed by atoms with Gasteiger partial charge >= 0.3 is 0 Å². The number of hydrogen-bond acceptors (Lipinski definition) is 7. The first-order valence-electron chi connectivity index (χ1n) is 7.60. The highest BCUT2D eigenvalue weighted by atomic mass is 16.5. The molecule has 1 aliphatic rings. The number of rotatable bonds is 6. The summed E-state index contributed by atoms with van der Waals surface area (Å²) in [7, 11) is 3.59. The quantitative estimate of drug-likeness (QED) is 0.815. The van der Waals surface area contributed by atoms with E-state index in [2.05, 4.69) is 15.5 Å². The average molecular weight is 333 g/mol. The summed E-state index contributed by atoms with van der Waals surface area (Å²) in [6.07, 6.45) is 1.76. The summed E-state index contributed by atoms with van der Waals surface area (Å²) in [5.41, 5.74) is 0. The Morgan fingerprint density at radius 3 is 3.00 bits per heavy atom. The van der Waals surface area contributed by atoms with Crippen molar-refractivity contribution in [2.75, 3.05) is 25.5 Å². The number of likely N-dealkylation sites (tertiary alicyclic amines) is 1. The number of carbonyl (C=O) groups is 2. The molecule has 24 heavy (non-hydrogen) atoms. The molecule has 3 rings (SSSR count). The monoisotopic (exact) mass is 333 g/mol. The molecule has 9 nitrogen and oxygen atoms in total. The van der Waals surface area contributed by atoms with Crippen molar-refractivity contribution in [1.82, 2.24) is 20.4 Å². The number of nitrogens with one attached hydrogen (secondary N) is 1. The number of carbonyl (C=O) groups excluding carboxylic acids is 2. The van der Waals surface area contributed by atoms with Gasteiger partial charge in [-0.3, -0.25) is 9.59 Å². The number of hydrogen-bond donors (Lipinski definition) is 1. The lowest BCUT2D eigenvalue weighted by molar-refractivity contribution is -0.129. The van der Waals surface area contributed by atoms with Crippen LogP contribution in [0.15, 0.2) is 27.3 Å². The van der Waals surface area contributed by atoms with Crippen molar-refractivity contribution < 1.29 is 18.5 Å². The first-order valence-corrected chi connectivity index (χ1v) is 7.60. The second kappa shape index (κ2) is 6.73. The number of furan rings is 1. The summed E-state index contributed by atoms with van der Waals surface area (Å²) in [4.78, 5) is 31.7. The van der Waals surface area contributed by atoms with Crippen molar-refractivity contribution in [3.63, 3.8) is 0 Å². The van der Waals surface area contributed by atoms with E-state index in [0.29, 0.717) is 30.7 Å². The molecule has 2 amide bonds. The van der Waals surface area contributed by atoms with Crippen LogP contribution in [0.4, 0.5) is 5.95 Å². The maximum atomic E-state index is 12.2. The average Bonchev–Trinajstić information content (AvgIpc) is 3.27. The molecule has 0 radical (unpaired) electrons. The van der Waals surface area contributed by atoms with Gasteiger partial charge in [-0.2, -0.15) is 4.98 Å². The highest BCUT2D eigenvalue weighted by molar-refractivity contribution is 5.89. The second-order valence-corrected chi connectivity index (χ2v) is 5.86. The van der Waals surface area contributed by atoms with Crippen molar-refractivity contribution in [3.8, 4) is 0 Å². The molecule has 1 fully saturated rings. The predicted molar refractivity (Wildman–Crippen MR) is 82.7 cm³/mol. The predicted octanol–water partition coefficient (Wildman–Crippen LogP) is 0.393. The van der Waals surface area contributed by atoms with Crippen LogP contribution < -0.4 is 10.2 Å². The maximum absolute atomic E-state index is 12.2. The smallest absolute Gasteiger partial charge is 0.265 e. The molecule has 1 aliphatic heterocycles. The van der Waals surface area contributed by atoms with Gasteiger partial charge < -0.3 is 24.1 Å². The summed E-state index contributed by atoms with van der Waals surface area (Å²) < 4.78 is 10.3. The Labute approximate surface area is 138 Å². The molecule has 0 aliphatic carbocycles. The van der Waals surface area contributed by atoms with Crippen LogP contribution in [0.2, 0.25) is 0 Å². The van der Waals surface area contributed by atoms with E-state index in [4.69, 9.17) is 8.94 Å². The third-order valence-corrected chi connectivity index (χ3v) is 3.78. The van der Waals surface area contributed by atoms with E-state index in [9.17, 15) is 9.59 Å². The van der Waals surface area contributed by atoms with Gasteiger partial charge in [0.2, 0.25) is 17.7 Å². The van der Waals surface area contributed by atoms with Crippen LogP contribution in [0.5, 0.6) is 0 Å². The summed E-state index contributed by atoms with van der Waals surface area (Å²) in [5, 5.41) is 6.51. The minimum absolute atomic E-state index is 0.0563. The molecule has 1 N–H and O–H groups in total. The molecule has 0 bridgehead atoms. The molecule has 9 heteroatoms. The van der Waals surface area contributed by atoms with Gasteiger partial charge in [-0.15, -0.1) is 0 Å². The Morgan fingerprint density at radius 2 is 2.33 bits per heavy atom. The van der Waals surface area contributed by atoms with Crippen molar-refractivity contribution >= 4 is 17.8 Å². The standard InChI is InChI=1S/C15H19N5O4/c1-19(2)15-17-12(24-18-15)7-16-14(22)10-6-13(21)20(8-10)9-11-4-3-5-23-11/h3-5,10H,6-9H2,1-2H3,(H,16,22). The van der Waals surface area contributed by atoms with Crippen LogP contribution in [0.3, 0.4) is 0 Å². The minimum atomic E-state index is -0.385. The van der Waals surface area contributed by atoms with Crippen molar-refractivity contribution in [2.24, 2.45) is 5.92 Å². The molecule has 1 atom stereocenters. The first kappa shape index (κ1) is 16.0. The molecule has 0 saturated carbocycles. The Bertz CT molecular complexity index is 709.